The fourth-order valence-corrected chi connectivity index (χ4v) is 2.51. The average Bonchev–Trinajstić information content (AvgIpc) is 2.69. The molecule has 0 fully saturated rings. The van der Waals surface area contributed by atoms with Crippen molar-refractivity contribution in [3.05, 3.63) is 59.2 Å². The molecule has 0 aromatic heterocycles. The van der Waals surface area contributed by atoms with Crippen molar-refractivity contribution < 1.29 is 19.1 Å². The van der Waals surface area contributed by atoms with Crippen LogP contribution in [0.1, 0.15) is 35.3 Å². The van der Waals surface area contributed by atoms with E-state index in [1.807, 2.05) is 32.9 Å². The van der Waals surface area contributed by atoms with Crippen LogP contribution in [0.15, 0.2) is 42.5 Å². The van der Waals surface area contributed by atoms with Crippen molar-refractivity contribution in [3.63, 3.8) is 0 Å². The Kier molecular flexibility index (Phi) is 7.97. The monoisotopic (exact) mass is 415 g/mol. The molecule has 0 bridgehead atoms. The molecule has 0 radical (unpaired) electrons. The molecular weight excluding hydrogens is 390 g/mol. The van der Waals surface area contributed by atoms with E-state index in [1.165, 1.54) is 0 Å². The first-order valence-corrected chi connectivity index (χ1v) is 9.59. The second-order valence-corrected chi connectivity index (χ2v) is 6.77. The van der Waals surface area contributed by atoms with Gasteiger partial charge < -0.3 is 9.47 Å². The van der Waals surface area contributed by atoms with Gasteiger partial charge in [0.05, 0.1) is 6.61 Å². The van der Waals surface area contributed by atoms with Gasteiger partial charge in [-0.05, 0) is 81.4 Å². The molecule has 0 spiro atoms. The van der Waals surface area contributed by atoms with Gasteiger partial charge in [0.2, 0.25) is 0 Å². The molecule has 0 heterocycles. The number of ether oxygens (including phenoxy) is 2. The van der Waals surface area contributed by atoms with Crippen molar-refractivity contribution in [1.29, 1.82) is 0 Å². The molecule has 2 aromatic rings. The zero-order chi connectivity index (χ0) is 21.4. The zero-order valence-electron chi connectivity index (χ0n) is 16.9. The van der Waals surface area contributed by atoms with Gasteiger partial charge in [-0.3, -0.25) is 25.8 Å². The Morgan fingerprint density at radius 3 is 2.48 bits per heavy atom. The molecule has 2 aromatic carbocycles. The van der Waals surface area contributed by atoms with Crippen molar-refractivity contribution in [2.24, 2.45) is 0 Å². The summed E-state index contributed by atoms with van der Waals surface area (Å²) in [7, 11) is 0. The van der Waals surface area contributed by atoms with E-state index >= 15 is 0 Å². The lowest BCUT2D eigenvalue weighted by atomic mass is 10.1. The molecule has 1 atom stereocenters. The molecular formula is C21H25N3O4S. The van der Waals surface area contributed by atoms with Crippen LogP contribution in [0.25, 0.3) is 0 Å². The summed E-state index contributed by atoms with van der Waals surface area (Å²) in [6.45, 7) is 7.95. The van der Waals surface area contributed by atoms with Crippen LogP contribution in [0, 0.1) is 13.8 Å². The number of carbonyl (C=O) groups excluding carboxylic acids is 2. The first-order valence-electron chi connectivity index (χ1n) is 9.18. The molecule has 8 heteroatoms. The number of hydrogen-bond donors (Lipinski definition) is 3. The Bertz CT molecular complexity index is 901. The SMILES string of the molecule is CCOc1cccc(C(=O)NC(=S)NNC(=O)C(C)Oc2ccc(C)c(C)c2)c1. The van der Waals surface area contributed by atoms with E-state index < -0.39 is 17.9 Å². The molecule has 3 N–H and O–H groups in total. The summed E-state index contributed by atoms with van der Waals surface area (Å²) in [5.41, 5.74) is 7.53. The van der Waals surface area contributed by atoms with Crippen LogP contribution >= 0.6 is 12.2 Å². The van der Waals surface area contributed by atoms with Gasteiger partial charge in [0.1, 0.15) is 11.5 Å². The normalized spacial score (nSPS) is 11.2. The molecule has 7 nitrogen and oxygen atoms in total. The zero-order valence-corrected chi connectivity index (χ0v) is 17.7. The molecule has 29 heavy (non-hydrogen) atoms. The lowest BCUT2D eigenvalue weighted by Crippen LogP contribution is -2.51. The minimum Gasteiger partial charge on any atom is -0.494 e. The van der Waals surface area contributed by atoms with E-state index in [4.69, 9.17) is 21.7 Å². The lowest BCUT2D eigenvalue weighted by Gasteiger charge is -2.17. The van der Waals surface area contributed by atoms with E-state index in [2.05, 4.69) is 16.2 Å². The van der Waals surface area contributed by atoms with Crippen LogP contribution in [-0.4, -0.2) is 29.6 Å². The maximum atomic E-state index is 12.3. The second kappa shape index (κ2) is 10.4. The number of aryl methyl sites for hydroxylation is 2. The third kappa shape index (κ3) is 6.76. The number of carbonyl (C=O) groups is 2. The number of hydrazine groups is 1. The van der Waals surface area contributed by atoms with Crippen molar-refractivity contribution in [1.82, 2.24) is 16.2 Å². The number of thiocarbonyl (C=S) groups is 1. The number of nitrogens with one attached hydrogen (secondary N) is 3. The lowest BCUT2D eigenvalue weighted by molar-refractivity contribution is -0.127. The molecule has 2 rings (SSSR count). The predicted molar refractivity (Wildman–Crippen MR) is 115 cm³/mol. The maximum Gasteiger partial charge on any atom is 0.279 e. The first kappa shape index (κ1) is 22.2. The van der Waals surface area contributed by atoms with E-state index in [0.29, 0.717) is 23.7 Å². The quantitative estimate of drug-likeness (QED) is 0.497. The molecule has 0 aliphatic carbocycles. The molecule has 154 valence electrons. The van der Waals surface area contributed by atoms with Crippen molar-refractivity contribution >= 4 is 29.1 Å². The summed E-state index contributed by atoms with van der Waals surface area (Å²) in [5.74, 6) is 0.335. The van der Waals surface area contributed by atoms with Crippen LogP contribution in [0.2, 0.25) is 0 Å². The van der Waals surface area contributed by atoms with Crippen molar-refractivity contribution in [2.45, 2.75) is 33.8 Å². The molecule has 0 saturated carbocycles. The third-order valence-electron chi connectivity index (χ3n) is 4.09. The van der Waals surface area contributed by atoms with Gasteiger partial charge in [-0.25, -0.2) is 0 Å². The molecule has 0 saturated heterocycles. The van der Waals surface area contributed by atoms with Crippen LogP contribution in [0.3, 0.4) is 0 Å². The van der Waals surface area contributed by atoms with Crippen molar-refractivity contribution in [3.8, 4) is 11.5 Å². The Morgan fingerprint density at radius 1 is 1.03 bits per heavy atom. The fourth-order valence-electron chi connectivity index (χ4n) is 2.37. The highest BCUT2D eigenvalue weighted by Crippen LogP contribution is 2.17. The van der Waals surface area contributed by atoms with Gasteiger partial charge in [0, 0.05) is 5.56 Å². The highest BCUT2D eigenvalue weighted by molar-refractivity contribution is 7.80. The molecule has 1 unspecified atom stereocenters. The molecule has 0 aliphatic heterocycles. The summed E-state index contributed by atoms with van der Waals surface area (Å²) in [5, 5.41) is 2.46. The smallest absolute Gasteiger partial charge is 0.279 e. The largest absolute Gasteiger partial charge is 0.494 e. The van der Waals surface area contributed by atoms with Gasteiger partial charge in [-0.15, -0.1) is 0 Å². The number of benzene rings is 2. The Morgan fingerprint density at radius 2 is 1.79 bits per heavy atom. The summed E-state index contributed by atoms with van der Waals surface area (Å²) < 4.78 is 11.0. The van der Waals surface area contributed by atoms with Gasteiger partial charge in [-0.1, -0.05) is 12.1 Å². The van der Waals surface area contributed by atoms with Crippen LogP contribution in [-0.2, 0) is 4.79 Å². The van der Waals surface area contributed by atoms with Gasteiger partial charge >= 0.3 is 0 Å². The summed E-state index contributed by atoms with van der Waals surface area (Å²) >= 11 is 5.05. The highest BCUT2D eigenvalue weighted by Gasteiger charge is 2.16. The van der Waals surface area contributed by atoms with Crippen LogP contribution in [0.4, 0.5) is 0 Å². The minimum absolute atomic E-state index is 0.0384. The second-order valence-electron chi connectivity index (χ2n) is 6.36. The minimum atomic E-state index is -0.758. The topological polar surface area (TPSA) is 88.7 Å². The summed E-state index contributed by atoms with van der Waals surface area (Å²) in [6, 6.07) is 12.3. The summed E-state index contributed by atoms with van der Waals surface area (Å²) in [4.78, 5) is 24.4. The van der Waals surface area contributed by atoms with Gasteiger partial charge in [0.25, 0.3) is 11.8 Å². The Labute approximate surface area is 175 Å². The van der Waals surface area contributed by atoms with Gasteiger partial charge in [-0.2, -0.15) is 0 Å². The standard InChI is InChI=1S/C21H25N3O4S/c1-5-27-17-8-6-7-16(12-17)20(26)22-21(29)24-23-19(25)15(4)28-18-10-9-13(2)14(3)11-18/h6-12,15H,5H2,1-4H3,(H,23,25)(H2,22,24,26,29). The Balaban J connectivity index is 1.83. The van der Waals surface area contributed by atoms with E-state index in [1.54, 1.807) is 37.3 Å². The molecule has 2 amide bonds. The molecule has 0 aliphatic rings. The maximum absolute atomic E-state index is 12.3. The number of amides is 2. The Hall–Kier alpha value is -3.13. The third-order valence-corrected chi connectivity index (χ3v) is 4.30. The first-order chi connectivity index (χ1) is 13.8. The van der Waals surface area contributed by atoms with Crippen molar-refractivity contribution in [2.75, 3.05) is 6.61 Å². The number of rotatable bonds is 6. The van der Waals surface area contributed by atoms with E-state index in [0.717, 1.165) is 11.1 Å². The predicted octanol–water partition coefficient (Wildman–Crippen LogP) is 2.81. The van der Waals surface area contributed by atoms with Crippen LogP contribution < -0.4 is 25.6 Å². The highest BCUT2D eigenvalue weighted by atomic mass is 32.1. The van der Waals surface area contributed by atoms with Crippen LogP contribution in [0.5, 0.6) is 11.5 Å². The van der Waals surface area contributed by atoms with Gasteiger partial charge in [0.15, 0.2) is 11.2 Å². The summed E-state index contributed by atoms with van der Waals surface area (Å²) in [6.07, 6.45) is -0.758. The van der Waals surface area contributed by atoms with E-state index in [-0.39, 0.29) is 5.11 Å². The fraction of sp³-hybridized carbons (Fsp3) is 0.286. The van der Waals surface area contributed by atoms with E-state index in [9.17, 15) is 9.59 Å². The average molecular weight is 416 g/mol. The number of hydrogen-bond acceptors (Lipinski definition) is 5.